The van der Waals surface area contributed by atoms with Crippen LogP contribution in [0.5, 0.6) is 0 Å². The van der Waals surface area contributed by atoms with Crippen LogP contribution >= 0.6 is 0 Å². The van der Waals surface area contributed by atoms with E-state index in [0.717, 1.165) is 5.56 Å². The summed E-state index contributed by atoms with van der Waals surface area (Å²) < 4.78 is 0. The number of aryl methyl sites for hydroxylation is 1. The van der Waals surface area contributed by atoms with Crippen LogP contribution in [0.4, 0.5) is 0 Å². The van der Waals surface area contributed by atoms with E-state index >= 15 is 0 Å². The summed E-state index contributed by atoms with van der Waals surface area (Å²) in [6.07, 6.45) is 0. The van der Waals surface area contributed by atoms with E-state index in [9.17, 15) is 9.59 Å². The van der Waals surface area contributed by atoms with Crippen molar-refractivity contribution in [3.05, 3.63) is 35.4 Å². The monoisotopic (exact) mass is 248 g/mol. The molecule has 5 nitrogen and oxygen atoms in total. The minimum absolute atomic E-state index is 0.0964. The van der Waals surface area contributed by atoms with Gasteiger partial charge in [0.25, 0.3) is 5.91 Å². The molecule has 0 radical (unpaired) electrons. The molecule has 1 aromatic rings. The summed E-state index contributed by atoms with van der Waals surface area (Å²) in [5.41, 5.74) is 1.55. The van der Waals surface area contributed by atoms with Crippen molar-refractivity contribution >= 4 is 11.9 Å². The molecule has 1 aliphatic rings. The van der Waals surface area contributed by atoms with Crippen LogP contribution in [0.3, 0.4) is 0 Å². The predicted molar refractivity (Wildman–Crippen MR) is 66.5 cm³/mol. The molecule has 0 aliphatic carbocycles. The standard InChI is InChI=1S/C13H16N2O3/c1-9-4-2-3-5-10(9)12(16)15-7-6-14-11(8-15)13(17)18/h2-5,11,14H,6-8H2,1H3,(H,17,18). The highest BCUT2D eigenvalue weighted by atomic mass is 16.4. The molecule has 0 spiro atoms. The average molecular weight is 248 g/mol. The second kappa shape index (κ2) is 5.18. The zero-order valence-corrected chi connectivity index (χ0v) is 10.2. The van der Waals surface area contributed by atoms with Gasteiger partial charge in [0.05, 0.1) is 0 Å². The SMILES string of the molecule is Cc1ccccc1C(=O)N1CCNC(C(=O)O)C1. The third-order valence-corrected chi connectivity index (χ3v) is 3.14. The number of carboxylic acids is 1. The van der Waals surface area contributed by atoms with Gasteiger partial charge in [-0.3, -0.25) is 9.59 Å². The molecule has 0 bridgehead atoms. The Morgan fingerprint density at radius 1 is 1.39 bits per heavy atom. The summed E-state index contributed by atoms with van der Waals surface area (Å²) in [4.78, 5) is 24.8. The zero-order valence-electron chi connectivity index (χ0n) is 10.2. The van der Waals surface area contributed by atoms with Crippen molar-refractivity contribution < 1.29 is 14.7 Å². The molecular weight excluding hydrogens is 232 g/mol. The molecule has 1 unspecified atom stereocenters. The topological polar surface area (TPSA) is 69.6 Å². The first-order chi connectivity index (χ1) is 8.59. The molecule has 1 aliphatic heterocycles. The number of nitrogens with one attached hydrogen (secondary N) is 1. The number of nitrogens with zero attached hydrogens (tertiary/aromatic N) is 1. The lowest BCUT2D eigenvalue weighted by Crippen LogP contribution is -2.55. The van der Waals surface area contributed by atoms with E-state index in [2.05, 4.69) is 5.32 Å². The molecule has 18 heavy (non-hydrogen) atoms. The summed E-state index contributed by atoms with van der Waals surface area (Å²) in [5.74, 6) is -1.02. The number of carboxylic acid groups (broad SMARTS) is 1. The highest BCUT2D eigenvalue weighted by molar-refractivity contribution is 5.96. The summed E-state index contributed by atoms with van der Waals surface area (Å²) in [6.45, 7) is 3.14. The van der Waals surface area contributed by atoms with Crippen LogP contribution in [0, 0.1) is 6.92 Å². The molecule has 96 valence electrons. The van der Waals surface area contributed by atoms with Gasteiger partial charge in [-0.2, -0.15) is 0 Å². The van der Waals surface area contributed by atoms with Gasteiger partial charge in [-0.05, 0) is 18.6 Å². The molecule has 1 amide bonds. The second-order valence-corrected chi connectivity index (χ2v) is 4.41. The van der Waals surface area contributed by atoms with Crippen molar-refractivity contribution in [1.29, 1.82) is 0 Å². The zero-order chi connectivity index (χ0) is 13.1. The van der Waals surface area contributed by atoms with Gasteiger partial charge in [-0.15, -0.1) is 0 Å². The van der Waals surface area contributed by atoms with Crippen molar-refractivity contribution in [2.24, 2.45) is 0 Å². The molecule has 5 heteroatoms. The summed E-state index contributed by atoms with van der Waals surface area (Å²) in [5, 5.41) is 11.8. The van der Waals surface area contributed by atoms with E-state index in [-0.39, 0.29) is 12.5 Å². The fourth-order valence-corrected chi connectivity index (χ4v) is 2.08. The molecule has 2 N–H and O–H groups in total. The lowest BCUT2D eigenvalue weighted by molar-refractivity contribution is -0.140. The fourth-order valence-electron chi connectivity index (χ4n) is 2.08. The Kier molecular flexibility index (Phi) is 3.62. The molecule has 2 rings (SSSR count). The van der Waals surface area contributed by atoms with Crippen LogP contribution in [0.25, 0.3) is 0 Å². The van der Waals surface area contributed by atoms with Crippen LogP contribution in [-0.2, 0) is 4.79 Å². The van der Waals surface area contributed by atoms with Crippen LogP contribution in [0.15, 0.2) is 24.3 Å². The van der Waals surface area contributed by atoms with Crippen molar-refractivity contribution in [3.8, 4) is 0 Å². The van der Waals surface area contributed by atoms with Gasteiger partial charge in [0.1, 0.15) is 6.04 Å². The first-order valence-electron chi connectivity index (χ1n) is 5.90. The fraction of sp³-hybridized carbons (Fsp3) is 0.385. The summed E-state index contributed by atoms with van der Waals surface area (Å²) in [7, 11) is 0. The lowest BCUT2D eigenvalue weighted by atomic mass is 10.1. The van der Waals surface area contributed by atoms with Crippen LogP contribution in [0.2, 0.25) is 0 Å². The van der Waals surface area contributed by atoms with E-state index in [1.807, 2.05) is 25.1 Å². The van der Waals surface area contributed by atoms with Crippen molar-refractivity contribution in [2.75, 3.05) is 19.6 Å². The van der Waals surface area contributed by atoms with Crippen molar-refractivity contribution in [1.82, 2.24) is 10.2 Å². The van der Waals surface area contributed by atoms with Gasteiger partial charge in [0.15, 0.2) is 0 Å². The lowest BCUT2D eigenvalue weighted by Gasteiger charge is -2.32. The molecule has 1 fully saturated rings. The van der Waals surface area contributed by atoms with Crippen molar-refractivity contribution in [2.45, 2.75) is 13.0 Å². The maximum Gasteiger partial charge on any atom is 0.322 e. The van der Waals surface area contributed by atoms with Gasteiger partial charge in [0, 0.05) is 25.2 Å². The van der Waals surface area contributed by atoms with E-state index in [0.29, 0.717) is 18.7 Å². The number of amides is 1. The minimum atomic E-state index is -0.919. The maximum absolute atomic E-state index is 12.3. The van der Waals surface area contributed by atoms with Crippen LogP contribution in [-0.4, -0.2) is 47.6 Å². The molecule has 1 atom stereocenters. The van der Waals surface area contributed by atoms with Gasteiger partial charge in [-0.25, -0.2) is 0 Å². The summed E-state index contributed by atoms with van der Waals surface area (Å²) >= 11 is 0. The van der Waals surface area contributed by atoms with Crippen LogP contribution < -0.4 is 5.32 Å². The Labute approximate surface area is 105 Å². The smallest absolute Gasteiger partial charge is 0.322 e. The first kappa shape index (κ1) is 12.6. The third-order valence-electron chi connectivity index (χ3n) is 3.14. The molecule has 0 aromatic heterocycles. The Morgan fingerprint density at radius 2 is 2.11 bits per heavy atom. The van der Waals surface area contributed by atoms with E-state index in [4.69, 9.17) is 5.11 Å². The number of hydrogen-bond donors (Lipinski definition) is 2. The van der Waals surface area contributed by atoms with Gasteiger partial charge >= 0.3 is 5.97 Å². The number of aliphatic carboxylic acids is 1. The molecule has 1 heterocycles. The normalized spacial score (nSPS) is 19.6. The maximum atomic E-state index is 12.3. The predicted octanol–water partition coefficient (Wildman–Crippen LogP) is 0.494. The van der Waals surface area contributed by atoms with E-state index < -0.39 is 12.0 Å². The highest BCUT2D eigenvalue weighted by Crippen LogP contribution is 2.12. The number of carbonyl (C=O) groups excluding carboxylic acids is 1. The van der Waals surface area contributed by atoms with E-state index in [1.54, 1.807) is 11.0 Å². The number of carbonyl (C=O) groups is 2. The number of piperazine rings is 1. The van der Waals surface area contributed by atoms with Gasteiger partial charge in [-0.1, -0.05) is 18.2 Å². The average Bonchev–Trinajstić information content (AvgIpc) is 2.38. The van der Waals surface area contributed by atoms with Crippen LogP contribution in [0.1, 0.15) is 15.9 Å². The Bertz CT molecular complexity index is 473. The largest absolute Gasteiger partial charge is 0.480 e. The first-order valence-corrected chi connectivity index (χ1v) is 5.90. The number of benzene rings is 1. The van der Waals surface area contributed by atoms with Gasteiger partial charge < -0.3 is 15.3 Å². The Hall–Kier alpha value is -1.88. The van der Waals surface area contributed by atoms with Crippen molar-refractivity contribution in [3.63, 3.8) is 0 Å². The quantitative estimate of drug-likeness (QED) is 0.799. The minimum Gasteiger partial charge on any atom is -0.480 e. The second-order valence-electron chi connectivity index (χ2n) is 4.41. The summed E-state index contributed by atoms with van der Waals surface area (Å²) in [6, 6.07) is 6.67. The molecule has 1 aromatic carbocycles. The molecule has 0 saturated carbocycles. The van der Waals surface area contributed by atoms with E-state index in [1.165, 1.54) is 0 Å². The Morgan fingerprint density at radius 3 is 2.78 bits per heavy atom. The number of hydrogen-bond acceptors (Lipinski definition) is 3. The number of rotatable bonds is 2. The van der Waals surface area contributed by atoms with Gasteiger partial charge in [0.2, 0.25) is 0 Å². The molecule has 1 saturated heterocycles. The highest BCUT2D eigenvalue weighted by Gasteiger charge is 2.28. The Balaban J connectivity index is 2.14. The third kappa shape index (κ3) is 2.51. The molecular formula is C13H16N2O3.